The van der Waals surface area contributed by atoms with E-state index in [0.29, 0.717) is 38.3 Å². The van der Waals surface area contributed by atoms with Crippen LogP contribution in [0.2, 0.25) is 5.02 Å². The highest BCUT2D eigenvalue weighted by Gasteiger charge is 2.36. The molecule has 1 aromatic carbocycles. The Morgan fingerprint density at radius 3 is 2.81 bits per heavy atom. The maximum atomic E-state index is 13.3. The van der Waals surface area contributed by atoms with Gasteiger partial charge in [0.1, 0.15) is 5.82 Å². The third kappa shape index (κ3) is 4.59. The zero-order chi connectivity index (χ0) is 19.4. The van der Waals surface area contributed by atoms with Gasteiger partial charge in [-0.1, -0.05) is 11.6 Å². The van der Waals surface area contributed by atoms with E-state index in [4.69, 9.17) is 16.3 Å². The molecular weight excluding hydrogens is 373 g/mol. The number of amides is 2. The van der Waals surface area contributed by atoms with E-state index in [-0.39, 0.29) is 22.9 Å². The minimum absolute atomic E-state index is 0.0509. The Labute approximate surface area is 163 Å². The van der Waals surface area contributed by atoms with E-state index < -0.39 is 5.82 Å². The van der Waals surface area contributed by atoms with E-state index in [1.807, 2.05) is 4.90 Å². The van der Waals surface area contributed by atoms with Gasteiger partial charge in [-0.15, -0.1) is 0 Å². The Balaban J connectivity index is 1.59. The number of hydrogen-bond donors (Lipinski definition) is 0. The van der Waals surface area contributed by atoms with E-state index in [1.54, 1.807) is 12.0 Å². The second-order valence-electron chi connectivity index (χ2n) is 6.93. The van der Waals surface area contributed by atoms with Gasteiger partial charge in [0.25, 0.3) is 5.91 Å². The molecule has 0 aliphatic carbocycles. The van der Waals surface area contributed by atoms with Crippen molar-refractivity contribution >= 4 is 23.4 Å². The third-order valence-electron chi connectivity index (χ3n) is 5.26. The van der Waals surface area contributed by atoms with Crippen LogP contribution in [0.25, 0.3) is 0 Å². The van der Waals surface area contributed by atoms with Gasteiger partial charge in [-0.2, -0.15) is 0 Å². The SMILES string of the molecule is COCCN1CCC(N2CCCN(C(=O)c3ccc(F)c(Cl)c3)CC2)C1=O. The molecule has 2 heterocycles. The Morgan fingerprint density at radius 1 is 1.26 bits per heavy atom. The summed E-state index contributed by atoms with van der Waals surface area (Å²) in [5.74, 6) is -0.539. The lowest BCUT2D eigenvalue weighted by molar-refractivity contribution is -0.132. The van der Waals surface area contributed by atoms with Crippen molar-refractivity contribution in [1.29, 1.82) is 0 Å². The van der Waals surface area contributed by atoms with Gasteiger partial charge >= 0.3 is 0 Å². The second kappa shape index (κ2) is 8.99. The van der Waals surface area contributed by atoms with Crippen LogP contribution in [0.5, 0.6) is 0 Å². The molecule has 6 nitrogen and oxygen atoms in total. The summed E-state index contributed by atoms with van der Waals surface area (Å²) in [6.07, 6.45) is 1.60. The molecule has 27 heavy (non-hydrogen) atoms. The van der Waals surface area contributed by atoms with Crippen molar-refractivity contribution in [2.45, 2.75) is 18.9 Å². The van der Waals surface area contributed by atoms with Gasteiger partial charge in [-0.05, 0) is 31.0 Å². The Hall–Kier alpha value is -1.70. The van der Waals surface area contributed by atoms with Crippen molar-refractivity contribution < 1.29 is 18.7 Å². The molecule has 8 heteroatoms. The average Bonchev–Trinajstić information content (AvgIpc) is 2.87. The summed E-state index contributed by atoms with van der Waals surface area (Å²) in [7, 11) is 1.63. The van der Waals surface area contributed by atoms with E-state index >= 15 is 0 Å². The Morgan fingerprint density at radius 2 is 2.07 bits per heavy atom. The molecule has 2 aliphatic heterocycles. The second-order valence-corrected chi connectivity index (χ2v) is 7.34. The molecular formula is C19H25ClFN3O3. The topological polar surface area (TPSA) is 53.1 Å². The van der Waals surface area contributed by atoms with Crippen LogP contribution in [0.4, 0.5) is 4.39 Å². The zero-order valence-electron chi connectivity index (χ0n) is 15.5. The number of carbonyl (C=O) groups is 2. The first-order chi connectivity index (χ1) is 13.0. The molecule has 0 saturated carbocycles. The minimum atomic E-state index is -0.534. The van der Waals surface area contributed by atoms with Crippen molar-refractivity contribution in [3.63, 3.8) is 0 Å². The quantitative estimate of drug-likeness (QED) is 0.761. The molecule has 2 saturated heterocycles. The highest BCUT2D eigenvalue weighted by atomic mass is 35.5. The number of rotatable bonds is 5. The van der Waals surface area contributed by atoms with Crippen molar-refractivity contribution in [2.75, 3.05) is 53.0 Å². The molecule has 2 aliphatic rings. The van der Waals surface area contributed by atoms with E-state index in [2.05, 4.69) is 4.90 Å². The lowest BCUT2D eigenvalue weighted by atomic mass is 10.2. The van der Waals surface area contributed by atoms with Crippen molar-refractivity contribution in [3.05, 3.63) is 34.6 Å². The summed E-state index contributed by atoms with van der Waals surface area (Å²) >= 11 is 5.80. The van der Waals surface area contributed by atoms with E-state index in [0.717, 1.165) is 25.9 Å². The van der Waals surface area contributed by atoms with Crippen molar-refractivity contribution in [2.24, 2.45) is 0 Å². The predicted molar refractivity (Wildman–Crippen MR) is 100 cm³/mol. The summed E-state index contributed by atoms with van der Waals surface area (Å²) in [5, 5.41) is -0.0509. The molecule has 0 radical (unpaired) electrons. The smallest absolute Gasteiger partial charge is 0.253 e. The minimum Gasteiger partial charge on any atom is -0.383 e. The maximum Gasteiger partial charge on any atom is 0.253 e. The standard InChI is InChI=1S/C19H25ClFN3O3/c1-27-12-11-24-8-5-17(19(24)26)22-6-2-7-23(10-9-22)18(25)14-3-4-16(21)15(20)13-14/h3-4,13,17H,2,5-12H2,1H3. The highest BCUT2D eigenvalue weighted by molar-refractivity contribution is 6.31. The normalized spacial score (nSPS) is 21.6. The zero-order valence-corrected chi connectivity index (χ0v) is 16.3. The summed E-state index contributed by atoms with van der Waals surface area (Å²) < 4.78 is 18.4. The largest absolute Gasteiger partial charge is 0.383 e. The number of benzene rings is 1. The van der Waals surface area contributed by atoms with Crippen molar-refractivity contribution in [3.8, 4) is 0 Å². The number of likely N-dealkylation sites (tertiary alicyclic amines) is 1. The fourth-order valence-corrected chi connectivity index (χ4v) is 3.93. The van der Waals surface area contributed by atoms with Crippen LogP contribution in [0.1, 0.15) is 23.2 Å². The summed E-state index contributed by atoms with van der Waals surface area (Å²) in [5.41, 5.74) is 0.387. The van der Waals surface area contributed by atoms with Crippen LogP contribution in [0, 0.1) is 5.82 Å². The molecule has 3 rings (SSSR count). The monoisotopic (exact) mass is 397 g/mol. The third-order valence-corrected chi connectivity index (χ3v) is 5.55. The van der Waals surface area contributed by atoms with Gasteiger partial charge in [0.2, 0.25) is 5.91 Å². The molecule has 1 unspecified atom stereocenters. The molecule has 0 bridgehead atoms. The first-order valence-electron chi connectivity index (χ1n) is 9.27. The molecule has 2 amide bonds. The van der Waals surface area contributed by atoms with Gasteiger partial charge in [0.15, 0.2) is 0 Å². The Bertz CT molecular complexity index is 703. The molecule has 1 atom stereocenters. The first kappa shape index (κ1) is 20.0. The number of ether oxygens (including phenoxy) is 1. The van der Waals surface area contributed by atoms with Gasteiger partial charge < -0.3 is 14.5 Å². The number of nitrogens with zero attached hydrogens (tertiary/aromatic N) is 3. The molecule has 148 valence electrons. The lowest BCUT2D eigenvalue weighted by Gasteiger charge is -2.26. The van der Waals surface area contributed by atoms with Crippen LogP contribution in [-0.4, -0.2) is 85.5 Å². The Kier molecular flexibility index (Phi) is 6.68. The van der Waals surface area contributed by atoms with Crippen LogP contribution < -0.4 is 0 Å². The summed E-state index contributed by atoms with van der Waals surface area (Å²) in [6, 6.07) is 3.93. The highest BCUT2D eigenvalue weighted by Crippen LogP contribution is 2.21. The van der Waals surface area contributed by atoms with Crippen LogP contribution in [0.15, 0.2) is 18.2 Å². The van der Waals surface area contributed by atoms with Crippen molar-refractivity contribution in [1.82, 2.24) is 14.7 Å². The molecule has 0 spiro atoms. The van der Waals surface area contributed by atoms with Crippen LogP contribution in [-0.2, 0) is 9.53 Å². The van der Waals surface area contributed by atoms with Gasteiger partial charge in [0.05, 0.1) is 17.7 Å². The predicted octanol–water partition coefficient (Wildman–Crippen LogP) is 1.87. The number of methoxy groups -OCH3 is 1. The molecule has 0 N–H and O–H groups in total. The molecule has 1 aromatic rings. The van der Waals surface area contributed by atoms with Gasteiger partial charge in [0, 0.05) is 51.9 Å². The first-order valence-corrected chi connectivity index (χ1v) is 9.65. The summed E-state index contributed by atoms with van der Waals surface area (Å²) in [4.78, 5) is 31.1. The fraction of sp³-hybridized carbons (Fsp3) is 0.579. The summed E-state index contributed by atoms with van der Waals surface area (Å²) in [6.45, 7) is 4.49. The van der Waals surface area contributed by atoms with Gasteiger partial charge in [-0.25, -0.2) is 4.39 Å². The van der Waals surface area contributed by atoms with E-state index in [1.165, 1.54) is 18.2 Å². The molecule has 2 fully saturated rings. The van der Waals surface area contributed by atoms with E-state index in [9.17, 15) is 14.0 Å². The van der Waals surface area contributed by atoms with Crippen LogP contribution >= 0.6 is 11.6 Å². The fourth-order valence-electron chi connectivity index (χ4n) is 3.75. The maximum absolute atomic E-state index is 13.3. The molecule has 0 aromatic heterocycles. The number of halogens is 2. The van der Waals surface area contributed by atoms with Gasteiger partial charge in [-0.3, -0.25) is 14.5 Å². The number of hydrogen-bond acceptors (Lipinski definition) is 4. The van der Waals surface area contributed by atoms with Crippen LogP contribution in [0.3, 0.4) is 0 Å². The number of carbonyl (C=O) groups excluding carboxylic acids is 2. The lowest BCUT2D eigenvalue weighted by Crippen LogP contribution is -2.44. The average molecular weight is 398 g/mol.